The summed E-state index contributed by atoms with van der Waals surface area (Å²) in [5.74, 6) is 2.58. The Balaban J connectivity index is 2.25. The van der Waals surface area contributed by atoms with Gasteiger partial charge in [0.1, 0.15) is 13.2 Å². The van der Waals surface area contributed by atoms with E-state index in [2.05, 4.69) is 43.8 Å². The maximum atomic E-state index is 5.61. The van der Waals surface area contributed by atoms with Crippen LogP contribution in [0.4, 0.5) is 0 Å². The Bertz CT molecular complexity index is 382. The van der Waals surface area contributed by atoms with Crippen LogP contribution in [0.5, 0.6) is 11.5 Å². The molecule has 17 heavy (non-hydrogen) atoms. The van der Waals surface area contributed by atoms with Crippen molar-refractivity contribution < 1.29 is 9.47 Å². The molecule has 0 saturated carbocycles. The minimum absolute atomic E-state index is 0.378. The average Bonchev–Trinajstić information content (AvgIpc) is 2.35. The molecule has 0 amide bonds. The largest absolute Gasteiger partial charge is 0.486 e. The normalized spacial score (nSPS) is 16.0. The van der Waals surface area contributed by atoms with Crippen LogP contribution in [0, 0.1) is 0 Å². The SMILES string of the molecule is CN(C)C(CCS)c1ccc2c(c1)OCCO2. The minimum atomic E-state index is 0.378. The fraction of sp³-hybridized carbons (Fsp3) is 0.538. The molecule has 3 nitrogen and oxygen atoms in total. The van der Waals surface area contributed by atoms with Gasteiger partial charge in [0.05, 0.1) is 0 Å². The molecule has 0 fully saturated rings. The van der Waals surface area contributed by atoms with Crippen molar-refractivity contribution in [3.05, 3.63) is 23.8 Å². The third kappa shape index (κ3) is 2.87. The van der Waals surface area contributed by atoms with E-state index in [4.69, 9.17) is 9.47 Å². The van der Waals surface area contributed by atoms with Gasteiger partial charge < -0.3 is 14.4 Å². The van der Waals surface area contributed by atoms with Crippen LogP contribution < -0.4 is 9.47 Å². The molecule has 94 valence electrons. The summed E-state index contributed by atoms with van der Waals surface area (Å²) in [5.41, 5.74) is 1.26. The molecule has 1 aliphatic rings. The molecule has 0 radical (unpaired) electrons. The van der Waals surface area contributed by atoms with E-state index in [0.29, 0.717) is 19.3 Å². The van der Waals surface area contributed by atoms with E-state index in [-0.39, 0.29) is 0 Å². The molecular formula is C13H19NO2S. The van der Waals surface area contributed by atoms with E-state index in [0.717, 1.165) is 23.7 Å². The Morgan fingerprint density at radius 3 is 2.59 bits per heavy atom. The highest BCUT2D eigenvalue weighted by Crippen LogP contribution is 2.34. The number of fused-ring (bicyclic) bond motifs is 1. The summed E-state index contributed by atoms with van der Waals surface area (Å²) in [6.45, 7) is 1.27. The molecule has 0 spiro atoms. The van der Waals surface area contributed by atoms with Crippen molar-refractivity contribution >= 4 is 12.6 Å². The van der Waals surface area contributed by atoms with Gasteiger partial charge in [0.25, 0.3) is 0 Å². The second kappa shape index (κ2) is 5.65. The Morgan fingerprint density at radius 2 is 1.94 bits per heavy atom. The van der Waals surface area contributed by atoms with Crippen molar-refractivity contribution in [2.75, 3.05) is 33.1 Å². The topological polar surface area (TPSA) is 21.7 Å². The fourth-order valence-corrected chi connectivity index (χ4v) is 2.36. The van der Waals surface area contributed by atoms with Crippen molar-refractivity contribution in [3.63, 3.8) is 0 Å². The lowest BCUT2D eigenvalue weighted by Crippen LogP contribution is -2.21. The molecule has 4 heteroatoms. The van der Waals surface area contributed by atoms with Gasteiger partial charge in [-0.3, -0.25) is 0 Å². The second-order valence-corrected chi connectivity index (χ2v) is 4.84. The Kier molecular flexibility index (Phi) is 4.18. The minimum Gasteiger partial charge on any atom is -0.486 e. The third-order valence-electron chi connectivity index (χ3n) is 2.98. The van der Waals surface area contributed by atoms with Gasteiger partial charge >= 0.3 is 0 Å². The van der Waals surface area contributed by atoms with Gasteiger partial charge in [0.15, 0.2) is 11.5 Å². The summed E-state index contributed by atoms with van der Waals surface area (Å²) in [7, 11) is 4.18. The maximum absolute atomic E-state index is 5.61. The van der Waals surface area contributed by atoms with Crippen molar-refractivity contribution in [1.29, 1.82) is 0 Å². The smallest absolute Gasteiger partial charge is 0.161 e. The van der Waals surface area contributed by atoms with Crippen molar-refractivity contribution in [1.82, 2.24) is 4.90 Å². The number of thiol groups is 1. The Hall–Kier alpha value is -0.870. The van der Waals surface area contributed by atoms with Crippen LogP contribution in [0.15, 0.2) is 18.2 Å². The van der Waals surface area contributed by atoms with E-state index in [1.54, 1.807) is 0 Å². The summed E-state index contributed by atoms with van der Waals surface area (Å²) < 4.78 is 11.1. The Labute approximate surface area is 108 Å². The lowest BCUT2D eigenvalue weighted by atomic mass is 10.0. The zero-order valence-electron chi connectivity index (χ0n) is 10.3. The highest BCUT2D eigenvalue weighted by Gasteiger charge is 2.17. The summed E-state index contributed by atoms with van der Waals surface area (Å²) in [6.07, 6.45) is 1.02. The molecule has 1 aromatic rings. The lowest BCUT2D eigenvalue weighted by molar-refractivity contribution is 0.171. The van der Waals surface area contributed by atoms with Crippen LogP contribution in [0.2, 0.25) is 0 Å². The van der Waals surface area contributed by atoms with Crippen LogP contribution in [0.1, 0.15) is 18.0 Å². The molecular weight excluding hydrogens is 234 g/mol. The first-order chi connectivity index (χ1) is 8.22. The van der Waals surface area contributed by atoms with Gasteiger partial charge in [0, 0.05) is 6.04 Å². The van der Waals surface area contributed by atoms with Gasteiger partial charge in [-0.1, -0.05) is 6.07 Å². The summed E-state index contributed by atoms with van der Waals surface area (Å²) >= 11 is 4.32. The zero-order valence-corrected chi connectivity index (χ0v) is 11.2. The van der Waals surface area contributed by atoms with Crippen molar-refractivity contribution in [3.8, 4) is 11.5 Å². The van der Waals surface area contributed by atoms with Gasteiger partial charge in [-0.2, -0.15) is 12.6 Å². The van der Waals surface area contributed by atoms with E-state index in [1.165, 1.54) is 5.56 Å². The zero-order chi connectivity index (χ0) is 12.3. The lowest BCUT2D eigenvalue weighted by Gasteiger charge is -2.26. The van der Waals surface area contributed by atoms with Crippen molar-refractivity contribution in [2.45, 2.75) is 12.5 Å². The molecule has 1 atom stereocenters. The molecule has 0 aliphatic carbocycles. The first kappa shape index (κ1) is 12.6. The van der Waals surface area contributed by atoms with E-state index >= 15 is 0 Å². The number of benzene rings is 1. The summed E-state index contributed by atoms with van der Waals surface area (Å²) in [6, 6.07) is 6.58. The quantitative estimate of drug-likeness (QED) is 0.833. The molecule has 1 unspecified atom stereocenters. The highest BCUT2D eigenvalue weighted by atomic mass is 32.1. The van der Waals surface area contributed by atoms with Crippen molar-refractivity contribution in [2.24, 2.45) is 0 Å². The van der Waals surface area contributed by atoms with E-state index in [9.17, 15) is 0 Å². The molecule has 1 heterocycles. The van der Waals surface area contributed by atoms with Crippen LogP contribution >= 0.6 is 12.6 Å². The summed E-state index contributed by atoms with van der Waals surface area (Å²) in [4.78, 5) is 2.21. The number of ether oxygens (including phenoxy) is 2. The third-order valence-corrected chi connectivity index (χ3v) is 3.24. The van der Waals surface area contributed by atoms with Gasteiger partial charge in [-0.25, -0.2) is 0 Å². The van der Waals surface area contributed by atoms with E-state index < -0.39 is 0 Å². The standard InChI is InChI=1S/C13H19NO2S/c1-14(2)11(5-8-17)10-3-4-12-13(9-10)16-7-6-15-12/h3-4,9,11,17H,5-8H2,1-2H3. The molecule has 0 N–H and O–H groups in total. The second-order valence-electron chi connectivity index (χ2n) is 4.39. The number of hydrogen-bond donors (Lipinski definition) is 1. The average molecular weight is 253 g/mol. The number of nitrogens with zero attached hydrogens (tertiary/aromatic N) is 1. The molecule has 2 rings (SSSR count). The molecule has 0 bridgehead atoms. The molecule has 0 aromatic heterocycles. The van der Waals surface area contributed by atoms with E-state index in [1.807, 2.05) is 6.07 Å². The molecule has 1 aromatic carbocycles. The summed E-state index contributed by atoms with van der Waals surface area (Å²) in [5, 5.41) is 0. The first-order valence-electron chi connectivity index (χ1n) is 5.89. The number of rotatable bonds is 4. The van der Waals surface area contributed by atoms with Gasteiger partial charge in [0.2, 0.25) is 0 Å². The predicted molar refractivity (Wildman–Crippen MR) is 72.3 cm³/mol. The predicted octanol–water partition coefficient (Wildman–Crippen LogP) is 2.38. The van der Waals surface area contributed by atoms with Crippen LogP contribution in [-0.4, -0.2) is 38.0 Å². The van der Waals surface area contributed by atoms with Crippen LogP contribution in [-0.2, 0) is 0 Å². The van der Waals surface area contributed by atoms with Gasteiger partial charge in [-0.05, 0) is 44.0 Å². The Morgan fingerprint density at radius 1 is 1.24 bits per heavy atom. The van der Waals surface area contributed by atoms with Crippen LogP contribution in [0.25, 0.3) is 0 Å². The first-order valence-corrected chi connectivity index (χ1v) is 6.52. The van der Waals surface area contributed by atoms with Crippen LogP contribution in [0.3, 0.4) is 0 Å². The maximum Gasteiger partial charge on any atom is 0.161 e. The van der Waals surface area contributed by atoms with Gasteiger partial charge in [-0.15, -0.1) is 0 Å². The monoisotopic (exact) mass is 253 g/mol. The molecule has 0 saturated heterocycles. The highest BCUT2D eigenvalue weighted by molar-refractivity contribution is 7.80. The number of hydrogen-bond acceptors (Lipinski definition) is 4. The fourth-order valence-electron chi connectivity index (χ4n) is 2.11. The molecule has 1 aliphatic heterocycles.